The second-order valence-corrected chi connectivity index (χ2v) is 5.89. The predicted molar refractivity (Wildman–Crippen MR) is 80.5 cm³/mol. The molecule has 0 atom stereocenters. The van der Waals surface area contributed by atoms with Crippen LogP contribution in [-0.2, 0) is 6.54 Å². The van der Waals surface area contributed by atoms with E-state index in [9.17, 15) is 8.78 Å². The molecule has 0 unspecified atom stereocenters. The lowest BCUT2D eigenvalue weighted by Crippen LogP contribution is -2.04. The number of hydrogen-bond donors (Lipinski definition) is 1. The molecule has 0 amide bonds. The molecule has 0 heterocycles. The minimum absolute atomic E-state index is 0.100. The zero-order chi connectivity index (χ0) is 13.1. The second-order valence-electron chi connectivity index (χ2n) is 3.72. The molecule has 0 bridgehead atoms. The van der Waals surface area contributed by atoms with Crippen molar-refractivity contribution in [2.24, 2.45) is 0 Å². The maximum Gasteiger partial charge on any atom is 0.150 e. The number of nitrogens with one attached hydrogen (secondary N) is 1. The van der Waals surface area contributed by atoms with Crippen molar-refractivity contribution in [3.05, 3.63) is 61.6 Å². The fraction of sp³-hybridized carbons (Fsp3) is 0.0769. The van der Waals surface area contributed by atoms with Crippen LogP contribution < -0.4 is 5.32 Å². The van der Waals surface area contributed by atoms with Crippen LogP contribution >= 0.6 is 38.5 Å². The van der Waals surface area contributed by atoms with Crippen molar-refractivity contribution < 1.29 is 8.78 Å². The first-order chi connectivity index (χ1) is 8.56. The van der Waals surface area contributed by atoms with Crippen LogP contribution in [0, 0.1) is 15.2 Å². The highest BCUT2D eigenvalue weighted by Gasteiger charge is 2.09. The molecule has 0 aliphatic rings. The van der Waals surface area contributed by atoms with E-state index in [1.807, 2.05) is 24.3 Å². The Morgan fingerprint density at radius 2 is 1.61 bits per heavy atom. The normalized spacial score (nSPS) is 10.4. The summed E-state index contributed by atoms with van der Waals surface area (Å²) in [6, 6.07) is 10.2. The summed E-state index contributed by atoms with van der Waals surface area (Å²) >= 11 is 5.25. The highest BCUT2D eigenvalue weighted by Crippen LogP contribution is 2.24. The number of anilines is 1. The minimum Gasteiger partial charge on any atom is -0.376 e. The molecule has 0 radical (unpaired) electrons. The monoisotopic (exact) mass is 423 g/mol. The van der Waals surface area contributed by atoms with Gasteiger partial charge in [0, 0.05) is 14.6 Å². The third kappa shape index (κ3) is 3.41. The third-order valence-corrected chi connectivity index (χ3v) is 3.57. The Hall–Kier alpha value is -0.690. The van der Waals surface area contributed by atoms with Gasteiger partial charge < -0.3 is 5.32 Å². The van der Waals surface area contributed by atoms with Crippen LogP contribution in [0.15, 0.2) is 40.9 Å². The topological polar surface area (TPSA) is 12.0 Å². The minimum atomic E-state index is -0.604. The van der Waals surface area contributed by atoms with Gasteiger partial charge in [-0.25, -0.2) is 8.78 Å². The van der Waals surface area contributed by atoms with Crippen LogP contribution in [0.25, 0.3) is 0 Å². The van der Waals surface area contributed by atoms with Gasteiger partial charge in [0.15, 0.2) is 0 Å². The van der Waals surface area contributed by atoms with Crippen molar-refractivity contribution in [3.8, 4) is 0 Å². The Morgan fingerprint density at radius 1 is 1.06 bits per heavy atom. The van der Waals surface area contributed by atoms with E-state index in [0.717, 1.165) is 9.13 Å². The van der Waals surface area contributed by atoms with E-state index in [1.54, 1.807) is 0 Å². The lowest BCUT2D eigenvalue weighted by molar-refractivity contribution is 0.586. The van der Waals surface area contributed by atoms with Crippen molar-refractivity contribution in [1.82, 2.24) is 0 Å². The van der Waals surface area contributed by atoms with Gasteiger partial charge in [0.1, 0.15) is 17.3 Å². The summed E-state index contributed by atoms with van der Waals surface area (Å²) in [5, 5.41) is 2.77. The van der Waals surface area contributed by atoms with Crippen molar-refractivity contribution in [2.45, 2.75) is 6.54 Å². The van der Waals surface area contributed by atoms with Crippen molar-refractivity contribution in [1.29, 1.82) is 0 Å². The van der Waals surface area contributed by atoms with Gasteiger partial charge >= 0.3 is 0 Å². The maximum atomic E-state index is 13.5. The number of benzene rings is 2. The zero-order valence-corrected chi connectivity index (χ0v) is 12.9. The molecule has 0 aliphatic carbocycles. The van der Waals surface area contributed by atoms with Gasteiger partial charge in [-0.05, 0) is 52.4 Å². The van der Waals surface area contributed by atoms with Gasteiger partial charge in [-0.3, -0.25) is 0 Å². The molecule has 5 heteroatoms. The summed E-state index contributed by atoms with van der Waals surface area (Å²) in [6.45, 7) is 0.381. The van der Waals surface area contributed by atoms with Crippen molar-refractivity contribution in [3.63, 3.8) is 0 Å². The van der Waals surface area contributed by atoms with Crippen LogP contribution in [0.3, 0.4) is 0 Å². The van der Waals surface area contributed by atoms with Crippen molar-refractivity contribution >= 4 is 44.2 Å². The molecule has 0 aliphatic heterocycles. The summed E-state index contributed by atoms with van der Waals surface area (Å²) in [4.78, 5) is 0. The lowest BCUT2D eigenvalue weighted by Gasteiger charge is -2.09. The van der Waals surface area contributed by atoms with Gasteiger partial charge in [-0.1, -0.05) is 28.1 Å². The average molecular weight is 424 g/mol. The molecule has 18 heavy (non-hydrogen) atoms. The van der Waals surface area contributed by atoms with E-state index >= 15 is 0 Å². The largest absolute Gasteiger partial charge is 0.376 e. The van der Waals surface area contributed by atoms with Crippen LogP contribution in [-0.4, -0.2) is 0 Å². The molecular formula is C13H9BrF2IN. The smallest absolute Gasteiger partial charge is 0.150 e. The molecule has 0 spiro atoms. The second kappa shape index (κ2) is 5.97. The Bertz CT molecular complexity index is 534. The number of hydrogen-bond acceptors (Lipinski definition) is 1. The maximum absolute atomic E-state index is 13.5. The SMILES string of the molecule is Fc1cc(Br)cc(F)c1NCc1ccc(I)cc1. The predicted octanol–water partition coefficient (Wildman–Crippen LogP) is 4.94. The highest BCUT2D eigenvalue weighted by molar-refractivity contribution is 14.1. The Labute approximate surface area is 126 Å². The van der Waals surface area contributed by atoms with Crippen LogP contribution in [0.2, 0.25) is 0 Å². The molecule has 2 aromatic carbocycles. The van der Waals surface area contributed by atoms with Gasteiger partial charge in [-0.2, -0.15) is 0 Å². The summed E-state index contributed by atoms with van der Waals surface area (Å²) in [5.41, 5.74) is 0.869. The third-order valence-electron chi connectivity index (χ3n) is 2.39. The van der Waals surface area contributed by atoms with E-state index < -0.39 is 11.6 Å². The Balaban J connectivity index is 2.13. The quantitative estimate of drug-likeness (QED) is 0.689. The van der Waals surface area contributed by atoms with E-state index in [-0.39, 0.29) is 5.69 Å². The van der Waals surface area contributed by atoms with E-state index in [2.05, 4.69) is 43.8 Å². The average Bonchev–Trinajstić information content (AvgIpc) is 2.30. The highest BCUT2D eigenvalue weighted by atomic mass is 127. The molecule has 2 aromatic rings. The van der Waals surface area contributed by atoms with Crippen LogP contribution in [0.5, 0.6) is 0 Å². The first-order valence-corrected chi connectivity index (χ1v) is 7.06. The first kappa shape index (κ1) is 13.7. The number of halogens is 4. The molecule has 94 valence electrons. The van der Waals surface area contributed by atoms with Gasteiger partial charge in [0.05, 0.1) is 0 Å². The Kier molecular flexibility index (Phi) is 4.55. The molecule has 0 saturated carbocycles. The molecule has 0 aromatic heterocycles. The van der Waals surface area contributed by atoms with E-state index in [4.69, 9.17) is 0 Å². The fourth-order valence-electron chi connectivity index (χ4n) is 1.50. The Morgan fingerprint density at radius 3 is 2.17 bits per heavy atom. The van der Waals surface area contributed by atoms with Gasteiger partial charge in [-0.15, -0.1) is 0 Å². The van der Waals surface area contributed by atoms with E-state index in [1.165, 1.54) is 12.1 Å². The summed E-state index contributed by atoms with van der Waals surface area (Å²) in [5.74, 6) is -1.21. The standard InChI is InChI=1S/C13H9BrF2IN/c14-9-5-11(15)13(12(16)6-9)18-7-8-1-3-10(17)4-2-8/h1-6,18H,7H2. The van der Waals surface area contributed by atoms with Crippen LogP contribution in [0.1, 0.15) is 5.56 Å². The van der Waals surface area contributed by atoms with Gasteiger partial charge in [0.25, 0.3) is 0 Å². The van der Waals surface area contributed by atoms with Crippen LogP contribution in [0.4, 0.5) is 14.5 Å². The molecular weight excluding hydrogens is 415 g/mol. The zero-order valence-electron chi connectivity index (χ0n) is 9.18. The molecule has 2 rings (SSSR count). The summed E-state index contributed by atoms with van der Waals surface area (Å²) in [7, 11) is 0. The number of rotatable bonds is 3. The molecule has 1 N–H and O–H groups in total. The first-order valence-electron chi connectivity index (χ1n) is 5.19. The molecule has 1 nitrogen and oxygen atoms in total. The molecule has 0 fully saturated rings. The summed E-state index contributed by atoms with van der Waals surface area (Å²) < 4.78 is 28.6. The lowest BCUT2D eigenvalue weighted by atomic mass is 10.2. The summed E-state index contributed by atoms with van der Waals surface area (Å²) in [6.07, 6.45) is 0. The van der Waals surface area contributed by atoms with Gasteiger partial charge in [0.2, 0.25) is 0 Å². The fourth-order valence-corrected chi connectivity index (χ4v) is 2.27. The van der Waals surface area contributed by atoms with E-state index in [0.29, 0.717) is 11.0 Å². The van der Waals surface area contributed by atoms with Crippen molar-refractivity contribution in [2.75, 3.05) is 5.32 Å². The molecule has 0 saturated heterocycles.